The molecule has 0 unspecified atom stereocenters. The van der Waals surface area contributed by atoms with E-state index in [1.807, 2.05) is 60.8 Å². The normalized spacial score (nSPS) is 12.2. The van der Waals surface area contributed by atoms with E-state index in [4.69, 9.17) is 4.11 Å². The van der Waals surface area contributed by atoms with E-state index in [-0.39, 0.29) is 0 Å². The Balaban J connectivity index is 0.000000179. The number of aromatic nitrogens is 2. The van der Waals surface area contributed by atoms with Gasteiger partial charge in [0.25, 0.3) is 0 Å². The van der Waals surface area contributed by atoms with Gasteiger partial charge in [0.2, 0.25) is 0 Å². The van der Waals surface area contributed by atoms with Crippen molar-refractivity contribution >= 4 is 15.9 Å². The number of nitrogens with zero attached hydrogens (tertiary/aromatic N) is 2. The van der Waals surface area contributed by atoms with Crippen LogP contribution in [0.2, 0.25) is 0 Å². The lowest BCUT2D eigenvalue weighted by Gasteiger charge is -2.03. The fourth-order valence-electron chi connectivity index (χ4n) is 2.63. The Morgan fingerprint density at radius 2 is 1.18 bits per heavy atom. The second-order valence-corrected chi connectivity index (χ2v) is 7.29. The maximum absolute atomic E-state index is 7.38. The summed E-state index contributed by atoms with van der Waals surface area (Å²) in [6.45, 7) is 1.78. The third kappa shape index (κ3) is 5.14. The summed E-state index contributed by atoms with van der Waals surface area (Å²) in [5.74, 6) is 0. The summed E-state index contributed by atoms with van der Waals surface area (Å²) < 4.78 is 23.2. The zero-order valence-corrected chi connectivity index (χ0v) is 17.4. The molecule has 140 valence electrons. The zero-order chi connectivity index (χ0) is 22.4. The third-order valence-electron chi connectivity index (χ3n) is 4.30. The topological polar surface area (TPSA) is 25.8 Å². The number of pyridine rings is 2. The first kappa shape index (κ1) is 16.2. The van der Waals surface area contributed by atoms with E-state index in [0.29, 0.717) is 5.56 Å². The average Bonchev–Trinajstić information content (AvgIpc) is 2.76. The highest BCUT2D eigenvalue weighted by molar-refractivity contribution is 9.10. The number of aryl methyl sites for hydroxylation is 3. The molecule has 0 amide bonds. The number of hydrogen-bond acceptors (Lipinski definition) is 2. The van der Waals surface area contributed by atoms with Crippen LogP contribution in [0.4, 0.5) is 0 Å². The maximum Gasteiger partial charge on any atom is 0.0705 e. The van der Waals surface area contributed by atoms with Crippen LogP contribution in [0, 0.1) is 20.7 Å². The van der Waals surface area contributed by atoms with Gasteiger partial charge in [-0.15, -0.1) is 0 Å². The lowest BCUT2D eigenvalue weighted by atomic mass is 10.1. The van der Waals surface area contributed by atoms with E-state index >= 15 is 0 Å². The van der Waals surface area contributed by atoms with Crippen molar-refractivity contribution in [2.45, 2.75) is 20.7 Å². The van der Waals surface area contributed by atoms with Gasteiger partial charge in [-0.1, -0.05) is 60.7 Å². The van der Waals surface area contributed by atoms with Crippen molar-refractivity contribution in [1.82, 2.24) is 9.97 Å². The molecule has 28 heavy (non-hydrogen) atoms. The van der Waals surface area contributed by atoms with Crippen LogP contribution in [0.3, 0.4) is 0 Å². The molecule has 0 aliphatic heterocycles. The molecule has 0 radical (unpaired) electrons. The largest absolute Gasteiger partial charge is 0.256 e. The molecule has 0 bridgehead atoms. The Morgan fingerprint density at radius 1 is 0.679 bits per heavy atom. The lowest BCUT2D eigenvalue weighted by Crippen LogP contribution is -1.87. The van der Waals surface area contributed by atoms with E-state index in [9.17, 15) is 0 Å². The Kier molecular flexibility index (Phi) is 5.45. The van der Waals surface area contributed by atoms with Crippen LogP contribution in [-0.4, -0.2) is 9.97 Å². The molecule has 2 nitrogen and oxygen atoms in total. The third-order valence-corrected chi connectivity index (χ3v) is 5.13. The molecule has 2 aromatic heterocycles. The first-order valence-electron chi connectivity index (χ1n) is 10.5. The summed E-state index contributed by atoms with van der Waals surface area (Å²) >= 11 is 3.44. The van der Waals surface area contributed by atoms with Crippen molar-refractivity contribution in [2.24, 2.45) is 0 Å². The molecule has 0 spiro atoms. The molecule has 4 rings (SSSR count). The number of hydrogen-bond donors (Lipinski definition) is 0. The van der Waals surface area contributed by atoms with Crippen LogP contribution in [0.15, 0.2) is 89.7 Å². The van der Waals surface area contributed by atoms with Crippen LogP contribution < -0.4 is 0 Å². The SMILES string of the molecule is Cc1cc(-c2ccccc2)ncc1Br.[2H]C([2H])([2H])c1cnc(-c2ccccc2)cc1C. The second-order valence-electron chi connectivity index (χ2n) is 6.44. The van der Waals surface area contributed by atoms with E-state index in [1.165, 1.54) is 11.8 Å². The lowest BCUT2D eigenvalue weighted by molar-refractivity contribution is 1.22. The first-order valence-corrected chi connectivity index (χ1v) is 9.75. The molecule has 0 atom stereocenters. The summed E-state index contributed by atoms with van der Waals surface area (Å²) in [4.78, 5) is 8.58. The Morgan fingerprint density at radius 3 is 1.64 bits per heavy atom. The van der Waals surface area contributed by atoms with Crippen molar-refractivity contribution in [2.75, 3.05) is 0 Å². The van der Waals surface area contributed by atoms with Gasteiger partial charge < -0.3 is 0 Å². The van der Waals surface area contributed by atoms with Crippen molar-refractivity contribution in [3.05, 3.63) is 106 Å². The molecule has 0 aliphatic rings. The predicted octanol–water partition coefficient (Wildman–Crippen LogP) is 7.18. The molecule has 3 heteroatoms. The number of benzene rings is 2. The Labute approximate surface area is 179 Å². The molecule has 2 heterocycles. The fourth-order valence-corrected chi connectivity index (χ4v) is 2.85. The van der Waals surface area contributed by atoms with E-state index in [2.05, 4.69) is 51.0 Å². The van der Waals surface area contributed by atoms with Crippen LogP contribution in [0.5, 0.6) is 0 Å². The van der Waals surface area contributed by atoms with Gasteiger partial charge in [-0.25, -0.2) is 0 Å². The monoisotopic (exact) mass is 433 g/mol. The average molecular weight is 434 g/mol. The van der Waals surface area contributed by atoms with Gasteiger partial charge in [0, 0.05) is 32.1 Å². The van der Waals surface area contributed by atoms with E-state index < -0.39 is 6.85 Å². The van der Waals surface area contributed by atoms with Crippen molar-refractivity contribution in [3.8, 4) is 22.5 Å². The Hall–Kier alpha value is -2.78. The van der Waals surface area contributed by atoms with E-state index in [0.717, 1.165) is 32.6 Å². The van der Waals surface area contributed by atoms with Crippen molar-refractivity contribution < 1.29 is 4.11 Å². The van der Waals surface area contributed by atoms with Gasteiger partial charge >= 0.3 is 0 Å². The number of rotatable bonds is 2. The van der Waals surface area contributed by atoms with Crippen LogP contribution in [0.1, 0.15) is 20.8 Å². The standard InChI is InChI=1S/C13H13N.C12H10BrN/c1-10-8-13(14-9-11(10)2)12-6-4-3-5-7-12;1-9-7-12(14-8-11(9)13)10-5-3-2-4-6-10/h3-9H,1-2H3;2-8H,1H3/i2D3;. The molecule has 0 N–H and O–H groups in total. The summed E-state index contributed by atoms with van der Waals surface area (Å²) in [6.07, 6.45) is 3.29. The highest BCUT2D eigenvalue weighted by Gasteiger charge is 2.01. The fraction of sp³-hybridized carbons (Fsp3) is 0.120. The van der Waals surface area contributed by atoms with Gasteiger partial charge in [-0.05, 0) is 65.5 Å². The van der Waals surface area contributed by atoms with Crippen LogP contribution in [0.25, 0.3) is 22.5 Å². The quantitative estimate of drug-likeness (QED) is 0.334. The molecule has 0 fully saturated rings. The van der Waals surface area contributed by atoms with Crippen molar-refractivity contribution in [3.63, 3.8) is 0 Å². The van der Waals surface area contributed by atoms with Crippen molar-refractivity contribution in [1.29, 1.82) is 0 Å². The summed E-state index contributed by atoms with van der Waals surface area (Å²) in [7, 11) is 0. The zero-order valence-electron chi connectivity index (χ0n) is 18.9. The molecular weight excluding hydrogens is 408 g/mol. The van der Waals surface area contributed by atoms with Gasteiger partial charge in [0.05, 0.1) is 11.4 Å². The van der Waals surface area contributed by atoms with Gasteiger partial charge in [0.1, 0.15) is 0 Å². The molecular formula is C25H23BrN2. The van der Waals surface area contributed by atoms with Gasteiger partial charge in [-0.2, -0.15) is 0 Å². The molecule has 2 aromatic carbocycles. The predicted molar refractivity (Wildman–Crippen MR) is 121 cm³/mol. The summed E-state index contributed by atoms with van der Waals surface area (Å²) in [5.41, 5.74) is 6.24. The highest BCUT2D eigenvalue weighted by atomic mass is 79.9. The smallest absolute Gasteiger partial charge is 0.0705 e. The first-order chi connectivity index (χ1) is 14.8. The molecule has 0 saturated heterocycles. The Bertz CT molecular complexity index is 1140. The van der Waals surface area contributed by atoms with Crippen LogP contribution >= 0.6 is 15.9 Å². The van der Waals surface area contributed by atoms with E-state index in [1.54, 1.807) is 6.92 Å². The second kappa shape index (κ2) is 9.43. The summed E-state index contributed by atoms with van der Waals surface area (Å²) in [6, 6.07) is 23.8. The minimum Gasteiger partial charge on any atom is -0.256 e. The molecule has 0 saturated carbocycles. The number of halogens is 1. The van der Waals surface area contributed by atoms with Gasteiger partial charge in [-0.3, -0.25) is 9.97 Å². The molecule has 0 aliphatic carbocycles. The maximum atomic E-state index is 7.38. The summed E-state index contributed by atoms with van der Waals surface area (Å²) in [5, 5.41) is 0. The van der Waals surface area contributed by atoms with Crippen LogP contribution in [-0.2, 0) is 0 Å². The minimum atomic E-state index is -2.09. The molecule has 4 aromatic rings. The highest BCUT2D eigenvalue weighted by Crippen LogP contribution is 2.22. The van der Waals surface area contributed by atoms with Gasteiger partial charge in [0.15, 0.2) is 0 Å². The minimum absolute atomic E-state index is 0.317.